The fraction of sp³-hybridized carbons (Fsp3) is 0.0833. The number of hydrogen-bond donors (Lipinski definition) is 1. The molecular weight excluding hydrogens is 190 g/mol. The molecule has 0 aliphatic rings. The molecule has 0 aliphatic heterocycles. The summed E-state index contributed by atoms with van der Waals surface area (Å²) < 4.78 is 4.97. The van der Waals surface area contributed by atoms with E-state index in [2.05, 4.69) is 0 Å². The van der Waals surface area contributed by atoms with Gasteiger partial charge in [-0.15, -0.1) is 0 Å². The molecular formula is C12H11NO2. The second-order valence-electron chi connectivity index (χ2n) is 3.33. The molecule has 0 aliphatic carbocycles. The first kappa shape index (κ1) is 9.52. The van der Waals surface area contributed by atoms with Crippen LogP contribution in [0.4, 0.5) is 0 Å². The zero-order chi connectivity index (χ0) is 10.7. The number of furan rings is 1. The van der Waals surface area contributed by atoms with E-state index < -0.39 is 5.91 Å². The molecule has 1 aromatic carbocycles. The highest BCUT2D eigenvalue weighted by Gasteiger charge is 2.07. The topological polar surface area (TPSA) is 56.2 Å². The lowest BCUT2D eigenvalue weighted by molar-refractivity contribution is 0.0999. The second-order valence-corrected chi connectivity index (χ2v) is 3.33. The van der Waals surface area contributed by atoms with Crippen LogP contribution in [0.1, 0.15) is 21.5 Å². The minimum absolute atomic E-state index is 0.394. The zero-order valence-corrected chi connectivity index (χ0v) is 8.14. The van der Waals surface area contributed by atoms with Crippen molar-refractivity contribution >= 4 is 5.91 Å². The summed E-state index contributed by atoms with van der Waals surface area (Å²) in [5.74, 6) is -0.394. The Labute approximate surface area is 87.5 Å². The van der Waals surface area contributed by atoms with Crippen molar-refractivity contribution in [2.45, 2.75) is 6.42 Å². The van der Waals surface area contributed by atoms with Crippen molar-refractivity contribution in [3.05, 3.63) is 59.5 Å². The summed E-state index contributed by atoms with van der Waals surface area (Å²) in [6.45, 7) is 0. The van der Waals surface area contributed by atoms with E-state index in [1.165, 1.54) is 0 Å². The summed E-state index contributed by atoms with van der Waals surface area (Å²) in [6, 6.07) is 9.20. The summed E-state index contributed by atoms with van der Waals surface area (Å²) in [6.07, 6.45) is 3.94. The average Bonchev–Trinajstić information content (AvgIpc) is 2.71. The molecule has 2 aromatic rings. The lowest BCUT2D eigenvalue weighted by Crippen LogP contribution is -2.13. The Morgan fingerprint density at radius 1 is 1.27 bits per heavy atom. The normalized spacial score (nSPS) is 10.1. The van der Waals surface area contributed by atoms with E-state index in [0.29, 0.717) is 12.0 Å². The lowest BCUT2D eigenvalue weighted by atomic mass is 10.0. The molecule has 1 amide bonds. The number of hydrogen-bond acceptors (Lipinski definition) is 2. The van der Waals surface area contributed by atoms with E-state index in [0.717, 1.165) is 11.1 Å². The van der Waals surface area contributed by atoms with Gasteiger partial charge in [0, 0.05) is 12.0 Å². The standard InChI is InChI=1S/C12H11NO2/c13-12(14)11-4-2-1-3-10(11)7-9-5-6-15-8-9/h1-6,8H,7H2,(H2,13,14). The molecule has 1 heterocycles. The number of amides is 1. The smallest absolute Gasteiger partial charge is 0.248 e. The van der Waals surface area contributed by atoms with Crippen LogP contribution >= 0.6 is 0 Å². The number of carbonyl (C=O) groups excluding carboxylic acids is 1. The predicted molar refractivity (Wildman–Crippen MR) is 56.5 cm³/mol. The van der Waals surface area contributed by atoms with Crippen LogP contribution in [-0.2, 0) is 6.42 Å². The van der Waals surface area contributed by atoms with Gasteiger partial charge in [0.1, 0.15) is 0 Å². The van der Waals surface area contributed by atoms with Crippen LogP contribution in [0.5, 0.6) is 0 Å². The van der Waals surface area contributed by atoms with Crippen LogP contribution in [0.2, 0.25) is 0 Å². The molecule has 0 unspecified atom stereocenters. The zero-order valence-electron chi connectivity index (χ0n) is 8.14. The molecule has 0 fully saturated rings. The van der Waals surface area contributed by atoms with Gasteiger partial charge in [-0.3, -0.25) is 4.79 Å². The maximum atomic E-state index is 11.1. The van der Waals surface area contributed by atoms with Crippen LogP contribution in [0.15, 0.2) is 47.3 Å². The van der Waals surface area contributed by atoms with Gasteiger partial charge in [-0.1, -0.05) is 18.2 Å². The average molecular weight is 201 g/mol. The summed E-state index contributed by atoms with van der Waals surface area (Å²) >= 11 is 0. The molecule has 76 valence electrons. The summed E-state index contributed by atoms with van der Waals surface area (Å²) in [7, 11) is 0. The highest BCUT2D eigenvalue weighted by Crippen LogP contribution is 2.14. The summed E-state index contributed by atoms with van der Waals surface area (Å²) in [5.41, 5.74) is 7.80. The van der Waals surface area contributed by atoms with Crippen LogP contribution < -0.4 is 5.73 Å². The number of benzene rings is 1. The number of nitrogens with two attached hydrogens (primary N) is 1. The fourth-order valence-electron chi connectivity index (χ4n) is 1.53. The third kappa shape index (κ3) is 2.07. The Hall–Kier alpha value is -2.03. The number of primary amides is 1. The number of rotatable bonds is 3. The Morgan fingerprint density at radius 3 is 2.73 bits per heavy atom. The Balaban J connectivity index is 2.32. The van der Waals surface area contributed by atoms with E-state index >= 15 is 0 Å². The van der Waals surface area contributed by atoms with Gasteiger partial charge in [0.05, 0.1) is 12.5 Å². The van der Waals surface area contributed by atoms with Gasteiger partial charge in [0.2, 0.25) is 5.91 Å². The summed E-state index contributed by atoms with van der Waals surface area (Å²) in [5, 5.41) is 0. The van der Waals surface area contributed by atoms with E-state index in [9.17, 15) is 4.79 Å². The summed E-state index contributed by atoms with van der Waals surface area (Å²) in [4.78, 5) is 11.1. The third-order valence-corrected chi connectivity index (χ3v) is 2.26. The quantitative estimate of drug-likeness (QED) is 0.825. The van der Waals surface area contributed by atoms with Gasteiger partial charge in [-0.25, -0.2) is 0 Å². The molecule has 0 spiro atoms. The van der Waals surface area contributed by atoms with E-state index in [4.69, 9.17) is 10.2 Å². The molecule has 3 nitrogen and oxygen atoms in total. The van der Waals surface area contributed by atoms with E-state index in [1.807, 2.05) is 18.2 Å². The van der Waals surface area contributed by atoms with Gasteiger partial charge in [0.15, 0.2) is 0 Å². The molecule has 2 rings (SSSR count). The van der Waals surface area contributed by atoms with Crippen LogP contribution in [-0.4, -0.2) is 5.91 Å². The highest BCUT2D eigenvalue weighted by atomic mass is 16.3. The molecule has 3 heteroatoms. The molecule has 0 atom stereocenters. The molecule has 0 bridgehead atoms. The van der Waals surface area contributed by atoms with Gasteiger partial charge >= 0.3 is 0 Å². The first-order valence-corrected chi connectivity index (χ1v) is 4.66. The van der Waals surface area contributed by atoms with Crippen LogP contribution in [0, 0.1) is 0 Å². The lowest BCUT2D eigenvalue weighted by Gasteiger charge is -2.04. The Kier molecular flexibility index (Phi) is 2.54. The highest BCUT2D eigenvalue weighted by molar-refractivity contribution is 5.94. The van der Waals surface area contributed by atoms with Gasteiger partial charge in [-0.05, 0) is 23.3 Å². The van der Waals surface area contributed by atoms with Crippen LogP contribution in [0.25, 0.3) is 0 Å². The van der Waals surface area contributed by atoms with Crippen molar-refractivity contribution in [1.82, 2.24) is 0 Å². The monoisotopic (exact) mass is 201 g/mol. The SMILES string of the molecule is NC(=O)c1ccccc1Cc1ccoc1. The van der Waals surface area contributed by atoms with E-state index in [-0.39, 0.29) is 0 Å². The minimum Gasteiger partial charge on any atom is -0.472 e. The third-order valence-electron chi connectivity index (χ3n) is 2.26. The van der Waals surface area contributed by atoms with Crippen molar-refractivity contribution in [2.75, 3.05) is 0 Å². The number of carbonyl (C=O) groups is 1. The van der Waals surface area contributed by atoms with Crippen molar-refractivity contribution in [3.63, 3.8) is 0 Å². The van der Waals surface area contributed by atoms with Gasteiger partial charge in [0.25, 0.3) is 0 Å². The first-order chi connectivity index (χ1) is 7.27. The molecule has 0 radical (unpaired) electrons. The molecule has 2 N–H and O–H groups in total. The van der Waals surface area contributed by atoms with Gasteiger partial charge in [-0.2, -0.15) is 0 Å². The second kappa shape index (κ2) is 4.00. The first-order valence-electron chi connectivity index (χ1n) is 4.66. The maximum Gasteiger partial charge on any atom is 0.248 e. The van der Waals surface area contributed by atoms with Crippen LogP contribution in [0.3, 0.4) is 0 Å². The molecule has 15 heavy (non-hydrogen) atoms. The van der Waals surface area contributed by atoms with Crippen molar-refractivity contribution in [2.24, 2.45) is 5.73 Å². The van der Waals surface area contributed by atoms with Crippen molar-refractivity contribution in [3.8, 4) is 0 Å². The Bertz CT molecular complexity index is 460. The minimum atomic E-state index is -0.394. The molecule has 1 aromatic heterocycles. The van der Waals surface area contributed by atoms with E-state index in [1.54, 1.807) is 24.7 Å². The predicted octanol–water partition coefficient (Wildman–Crippen LogP) is 1.97. The Morgan fingerprint density at radius 2 is 2.07 bits per heavy atom. The van der Waals surface area contributed by atoms with Gasteiger partial charge < -0.3 is 10.2 Å². The van der Waals surface area contributed by atoms with Crippen molar-refractivity contribution < 1.29 is 9.21 Å². The maximum absolute atomic E-state index is 11.1. The van der Waals surface area contributed by atoms with Crippen molar-refractivity contribution in [1.29, 1.82) is 0 Å². The molecule has 0 saturated heterocycles. The molecule has 0 saturated carbocycles. The largest absolute Gasteiger partial charge is 0.472 e. The fourth-order valence-corrected chi connectivity index (χ4v) is 1.53.